The van der Waals surface area contributed by atoms with E-state index in [9.17, 15) is 13.6 Å². The van der Waals surface area contributed by atoms with Gasteiger partial charge in [0.15, 0.2) is 0 Å². The van der Waals surface area contributed by atoms with Gasteiger partial charge in [-0.25, -0.2) is 8.78 Å². The monoisotopic (exact) mass is 205 g/mol. The molecule has 78 valence electrons. The number of hydrogen-bond acceptors (Lipinski definition) is 3. The predicted molar refractivity (Wildman–Crippen MR) is 44.5 cm³/mol. The molecule has 0 bridgehead atoms. The SMILES string of the molecule is COc1[nH]c(=O)cc(CO)c1C(F)F. The summed E-state index contributed by atoms with van der Waals surface area (Å²) in [6.45, 7) is -0.625. The van der Waals surface area contributed by atoms with Crippen LogP contribution < -0.4 is 10.3 Å². The number of rotatable bonds is 3. The maximum absolute atomic E-state index is 12.5. The Morgan fingerprint density at radius 3 is 2.71 bits per heavy atom. The number of halogens is 2. The molecule has 0 unspecified atom stereocenters. The van der Waals surface area contributed by atoms with Crippen molar-refractivity contribution in [2.45, 2.75) is 13.0 Å². The highest BCUT2D eigenvalue weighted by Crippen LogP contribution is 2.29. The maximum atomic E-state index is 12.5. The quantitative estimate of drug-likeness (QED) is 0.767. The zero-order valence-corrected chi connectivity index (χ0v) is 7.38. The summed E-state index contributed by atoms with van der Waals surface area (Å²) in [6, 6.07) is 0.921. The van der Waals surface area contributed by atoms with Gasteiger partial charge in [0.2, 0.25) is 5.88 Å². The minimum Gasteiger partial charge on any atom is -0.482 e. The molecule has 0 aromatic carbocycles. The zero-order chi connectivity index (χ0) is 10.7. The molecule has 1 rings (SSSR count). The third-order valence-corrected chi connectivity index (χ3v) is 1.73. The fraction of sp³-hybridized carbons (Fsp3) is 0.375. The summed E-state index contributed by atoms with van der Waals surface area (Å²) in [5.74, 6) is -0.309. The molecule has 0 amide bonds. The largest absolute Gasteiger partial charge is 0.482 e. The second-order valence-corrected chi connectivity index (χ2v) is 2.56. The summed E-state index contributed by atoms with van der Waals surface area (Å²) in [5, 5.41) is 8.77. The van der Waals surface area contributed by atoms with E-state index < -0.39 is 24.2 Å². The molecule has 0 aliphatic rings. The van der Waals surface area contributed by atoms with Crippen LogP contribution in [0.3, 0.4) is 0 Å². The fourth-order valence-corrected chi connectivity index (χ4v) is 1.13. The molecular weight excluding hydrogens is 196 g/mol. The lowest BCUT2D eigenvalue weighted by atomic mass is 10.1. The third kappa shape index (κ3) is 1.90. The first-order valence-corrected chi connectivity index (χ1v) is 3.79. The van der Waals surface area contributed by atoms with Gasteiger partial charge in [0, 0.05) is 6.07 Å². The van der Waals surface area contributed by atoms with Crippen molar-refractivity contribution in [3.05, 3.63) is 27.5 Å². The van der Waals surface area contributed by atoms with Gasteiger partial charge in [-0.05, 0) is 5.56 Å². The molecule has 1 aromatic rings. The average Bonchev–Trinajstić information content (AvgIpc) is 2.15. The van der Waals surface area contributed by atoms with Crippen molar-refractivity contribution in [1.82, 2.24) is 4.98 Å². The Balaban J connectivity index is 3.40. The molecule has 0 saturated heterocycles. The first-order chi connectivity index (χ1) is 6.60. The molecule has 1 aromatic heterocycles. The highest BCUT2D eigenvalue weighted by Gasteiger charge is 2.19. The number of aliphatic hydroxyl groups excluding tert-OH is 1. The van der Waals surface area contributed by atoms with Gasteiger partial charge < -0.3 is 9.84 Å². The number of hydrogen-bond donors (Lipinski definition) is 2. The second-order valence-electron chi connectivity index (χ2n) is 2.56. The van der Waals surface area contributed by atoms with Crippen LogP contribution in [0.4, 0.5) is 8.78 Å². The Kier molecular flexibility index (Phi) is 3.19. The van der Waals surface area contributed by atoms with E-state index in [4.69, 9.17) is 5.11 Å². The molecule has 0 aliphatic heterocycles. The van der Waals surface area contributed by atoms with Gasteiger partial charge in [0.05, 0.1) is 19.3 Å². The summed E-state index contributed by atoms with van der Waals surface area (Å²) in [7, 11) is 1.16. The van der Waals surface area contributed by atoms with Gasteiger partial charge in [-0.2, -0.15) is 0 Å². The Morgan fingerprint density at radius 2 is 2.29 bits per heavy atom. The summed E-state index contributed by atoms with van der Waals surface area (Å²) in [5.41, 5.74) is -1.19. The lowest BCUT2D eigenvalue weighted by molar-refractivity contribution is 0.141. The smallest absolute Gasteiger partial charge is 0.269 e. The topological polar surface area (TPSA) is 62.3 Å². The molecule has 0 aliphatic carbocycles. The first kappa shape index (κ1) is 10.6. The molecule has 4 nitrogen and oxygen atoms in total. The van der Waals surface area contributed by atoms with Crippen LogP contribution in [0.25, 0.3) is 0 Å². The van der Waals surface area contributed by atoms with E-state index in [0.29, 0.717) is 0 Å². The van der Waals surface area contributed by atoms with Crippen molar-refractivity contribution < 1.29 is 18.6 Å². The Hall–Kier alpha value is -1.43. The van der Waals surface area contributed by atoms with Crippen LogP contribution in [0.1, 0.15) is 17.6 Å². The summed E-state index contributed by atoms with van der Waals surface area (Å²) < 4.78 is 29.5. The van der Waals surface area contributed by atoms with Crippen LogP contribution in [-0.4, -0.2) is 17.2 Å². The molecule has 0 radical (unpaired) electrons. The molecule has 0 saturated carbocycles. The van der Waals surface area contributed by atoms with Crippen LogP contribution in [0.2, 0.25) is 0 Å². The highest BCUT2D eigenvalue weighted by molar-refractivity contribution is 5.35. The summed E-state index contributed by atoms with van der Waals surface area (Å²) in [4.78, 5) is 13.0. The third-order valence-electron chi connectivity index (χ3n) is 1.73. The van der Waals surface area contributed by atoms with Gasteiger partial charge in [0.1, 0.15) is 0 Å². The number of alkyl halides is 2. The Morgan fingerprint density at radius 1 is 1.64 bits per heavy atom. The van der Waals surface area contributed by atoms with Crippen molar-refractivity contribution in [1.29, 1.82) is 0 Å². The number of H-pyrrole nitrogens is 1. The normalized spacial score (nSPS) is 10.6. The lowest BCUT2D eigenvalue weighted by Crippen LogP contribution is -2.12. The first-order valence-electron chi connectivity index (χ1n) is 3.79. The van der Waals surface area contributed by atoms with E-state index in [0.717, 1.165) is 13.2 Å². The summed E-state index contributed by atoms with van der Waals surface area (Å²) in [6.07, 6.45) is -2.80. The van der Waals surface area contributed by atoms with Gasteiger partial charge >= 0.3 is 0 Å². The van der Waals surface area contributed by atoms with E-state index in [2.05, 4.69) is 9.72 Å². The average molecular weight is 205 g/mol. The molecule has 0 atom stereocenters. The van der Waals surface area contributed by atoms with Crippen molar-refractivity contribution in [2.24, 2.45) is 0 Å². The molecule has 0 fully saturated rings. The van der Waals surface area contributed by atoms with Crippen molar-refractivity contribution in [3.8, 4) is 5.88 Å². The van der Waals surface area contributed by atoms with Crippen molar-refractivity contribution >= 4 is 0 Å². The van der Waals surface area contributed by atoms with E-state index >= 15 is 0 Å². The van der Waals surface area contributed by atoms with E-state index in [1.807, 2.05) is 0 Å². The molecular formula is C8H9F2NO3. The van der Waals surface area contributed by atoms with Gasteiger partial charge in [0.25, 0.3) is 12.0 Å². The van der Waals surface area contributed by atoms with E-state index in [1.54, 1.807) is 0 Å². The number of aromatic nitrogens is 1. The number of aromatic amines is 1. The van der Waals surface area contributed by atoms with Crippen molar-refractivity contribution in [3.63, 3.8) is 0 Å². The van der Waals surface area contributed by atoms with Crippen molar-refractivity contribution in [2.75, 3.05) is 7.11 Å². The van der Waals surface area contributed by atoms with Crippen LogP contribution in [0.5, 0.6) is 5.88 Å². The minimum atomic E-state index is -2.80. The summed E-state index contributed by atoms with van der Waals surface area (Å²) >= 11 is 0. The minimum absolute atomic E-state index is 0.124. The lowest BCUT2D eigenvalue weighted by Gasteiger charge is -2.10. The number of pyridine rings is 1. The zero-order valence-electron chi connectivity index (χ0n) is 7.38. The highest BCUT2D eigenvalue weighted by atomic mass is 19.3. The van der Waals surface area contributed by atoms with Gasteiger partial charge in [-0.1, -0.05) is 0 Å². The molecule has 6 heteroatoms. The molecule has 2 N–H and O–H groups in total. The Labute approximate surface area is 78.1 Å². The number of ether oxygens (including phenoxy) is 1. The van der Waals surface area contributed by atoms with E-state index in [-0.39, 0.29) is 11.4 Å². The number of nitrogens with one attached hydrogen (secondary N) is 1. The molecule has 0 spiro atoms. The number of methoxy groups -OCH3 is 1. The number of aliphatic hydroxyl groups is 1. The van der Waals surface area contributed by atoms with Gasteiger partial charge in [-0.3, -0.25) is 9.78 Å². The fourth-order valence-electron chi connectivity index (χ4n) is 1.13. The standard InChI is InChI=1S/C8H9F2NO3/c1-14-8-6(7(9)10)4(3-12)2-5(13)11-8/h2,7,12H,3H2,1H3,(H,11,13). The van der Waals surface area contributed by atoms with Crippen LogP contribution in [-0.2, 0) is 6.61 Å². The van der Waals surface area contributed by atoms with E-state index in [1.165, 1.54) is 0 Å². The Bertz CT molecular complexity index is 347. The van der Waals surface area contributed by atoms with Crippen LogP contribution >= 0.6 is 0 Å². The second kappa shape index (κ2) is 4.19. The van der Waals surface area contributed by atoms with Crippen LogP contribution in [0.15, 0.2) is 10.9 Å². The molecule has 1 heterocycles. The van der Waals surface area contributed by atoms with Crippen LogP contribution in [0, 0.1) is 0 Å². The molecule has 14 heavy (non-hydrogen) atoms. The predicted octanol–water partition coefficient (Wildman–Crippen LogP) is 0.813. The van der Waals surface area contributed by atoms with Gasteiger partial charge in [-0.15, -0.1) is 0 Å². The maximum Gasteiger partial charge on any atom is 0.269 e.